The lowest BCUT2D eigenvalue weighted by atomic mass is 9.76. The quantitative estimate of drug-likeness (QED) is 0.750. The van der Waals surface area contributed by atoms with Crippen LogP contribution in [0.2, 0.25) is 0 Å². The second kappa shape index (κ2) is 6.49. The van der Waals surface area contributed by atoms with Gasteiger partial charge in [0, 0.05) is 30.2 Å². The summed E-state index contributed by atoms with van der Waals surface area (Å²) in [6.07, 6.45) is 10.6. The number of allylic oxidation sites excluding steroid dienone is 3. The van der Waals surface area contributed by atoms with Crippen LogP contribution in [0.15, 0.2) is 65.4 Å². The SMILES string of the molecule is CC(C)(C)C1=CC2=C(CC=C1)N[C@@H](c1ccccc1)[C@@H]1CCCOC21. The summed E-state index contributed by atoms with van der Waals surface area (Å²) in [7, 11) is 0. The van der Waals surface area contributed by atoms with E-state index in [1.165, 1.54) is 28.8 Å². The molecule has 1 fully saturated rings. The third-order valence-electron chi connectivity index (χ3n) is 5.74. The van der Waals surface area contributed by atoms with Crippen molar-refractivity contribution in [2.75, 3.05) is 6.61 Å². The standard InChI is InChI=1S/C23H29NO/c1-23(2,3)17-11-7-13-20-19(15-17)22-18(12-8-14-25-22)21(24-20)16-9-5-4-6-10-16/h4-7,9-11,15,18,21-22,24H,8,12-14H2,1-3H3/t18-,21-,22?/m0/s1. The van der Waals surface area contributed by atoms with Gasteiger partial charge in [0.2, 0.25) is 0 Å². The fourth-order valence-electron chi connectivity index (χ4n) is 4.34. The minimum absolute atomic E-state index is 0.152. The van der Waals surface area contributed by atoms with Gasteiger partial charge in [-0.1, -0.05) is 69.3 Å². The lowest BCUT2D eigenvalue weighted by Crippen LogP contribution is -2.45. The molecule has 132 valence electrons. The number of hydrogen-bond donors (Lipinski definition) is 1. The second-order valence-electron chi connectivity index (χ2n) is 8.52. The Morgan fingerprint density at radius 3 is 2.68 bits per heavy atom. The first kappa shape index (κ1) is 16.7. The van der Waals surface area contributed by atoms with Crippen molar-refractivity contribution in [1.29, 1.82) is 0 Å². The van der Waals surface area contributed by atoms with Crippen LogP contribution in [0.5, 0.6) is 0 Å². The first-order chi connectivity index (χ1) is 12.0. The van der Waals surface area contributed by atoms with Gasteiger partial charge in [-0.2, -0.15) is 0 Å². The highest BCUT2D eigenvalue weighted by Gasteiger charge is 2.40. The molecular weight excluding hydrogens is 306 g/mol. The predicted octanol–water partition coefficient (Wildman–Crippen LogP) is 5.31. The molecule has 2 heteroatoms. The molecule has 1 N–H and O–H groups in total. The summed E-state index contributed by atoms with van der Waals surface area (Å²) in [6, 6.07) is 11.2. The number of ether oxygens (including phenoxy) is 1. The molecule has 2 aliphatic heterocycles. The highest BCUT2D eigenvalue weighted by molar-refractivity contribution is 5.45. The van der Waals surface area contributed by atoms with E-state index < -0.39 is 0 Å². The Bertz CT molecular complexity index is 720. The molecule has 25 heavy (non-hydrogen) atoms. The van der Waals surface area contributed by atoms with Gasteiger partial charge in [0.15, 0.2) is 0 Å². The zero-order chi connectivity index (χ0) is 17.4. The van der Waals surface area contributed by atoms with E-state index in [2.05, 4.69) is 74.6 Å². The van der Waals surface area contributed by atoms with Gasteiger partial charge in [-0.25, -0.2) is 0 Å². The fraction of sp³-hybridized carbons (Fsp3) is 0.478. The van der Waals surface area contributed by atoms with Gasteiger partial charge in [-0.15, -0.1) is 0 Å². The van der Waals surface area contributed by atoms with Crippen molar-refractivity contribution < 1.29 is 4.74 Å². The Kier molecular flexibility index (Phi) is 4.33. The van der Waals surface area contributed by atoms with E-state index in [1.807, 2.05) is 0 Å². The summed E-state index contributed by atoms with van der Waals surface area (Å²) in [5, 5.41) is 3.89. The van der Waals surface area contributed by atoms with Gasteiger partial charge in [-0.05, 0) is 29.4 Å². The molecule has 0 amide bonds. The zero-order valence-corrected chi connectivity index (χ0v) is 15.6. The monoisotopic (exact) mass is 335 g/mol. The summed E-state index contributed by atoms with van der Waals surface area (Å²) in [4.78, 5) is 0. The minimum Gasteiger partial charge on any atom is -0.381 e. The molecule has 0 radical (unpaired) electrons. The fourth-order valence-corrected chi connectivity index (χ4v) is 4.34. The Hall–Kier alpha value is -1.80. The van der Waals surface area contributed by atoms with Crippen molar-refractivity contribution in [3.63, 3.8) is 0 Å². The summed E-state index contributed by atoms with van der Waals surface area (Å²) in [5.74, 6) is 0.505. The predicted molar refractivity (Wildman–Crippen MR) is 103 cm³/mol. The van der Waals surface area contributed by atoms with E-state index in [0.29, 0.717) is 12.0 Å². The molecule has 1 unspecified atom stereocenters. The summed E-state index contributed by atoms with van der Waals surface area (Å²) in [5.41, 5.74) is 5.65. The molecule has 4 rings (SSSR count). The molecule has 1 aromatic carbocycles. The zero-order valence-electron chi connectivity index (χ0n) is 15.6. The molecular formula is C23H29NO. The van der Waals surface area contributed by atoms with E-state index in [4.69, 9.17) is 4.74 Å². The van der Waals surface area contributed by atoms with Gasteiger partial charge in [0.05, 0.1) is 12.1 Å². The Morgan fingerprint density at radius 2 is 1.92 bits per heavy atom. The van der Waals surface area contributed by atoms with Gasteiger partial charge in [0.1, 0.15) is 0 Å². The van der Waals surface area contributed by atoms with Crippen LogP contribution in [-0.4, -0.2) is 12.7 Å². The molecule has 1 aliphatic carbocycles. The third kappa shape index (κ3) is 3.20. The number of nitrogens with one attached hydrogen (secondary N) is 1. The topological polar surface area (TPSA) is 21.3 Å². The van der Waals surface area contributed by atoms with Crippen LogP contribution < -0.4 is 5.32 Å². The second-order valence-corrected chi connectivity index (χ2v) is 8.52. The van der Waals surface area contributed by atoms with Crippen molar-refractivity contribution in [2.24, 2.45) is 11.3 Å². The third-order valence-corrected chi connectivity index (χ3v) is 5.74. The average Bonchev–Trinajstić information content (AvgIpc) is 2.84. The van der Waals surface area contributed by atoms with Crippen molar-refractivity contribution >= 4 is 0 Å². The van der Waals surface area contributed by atoms with Crippen LogP contribution in [0.25, 0.3) is 0 Å². The summed E-state index contributed by atoms with van der Waals surface area (Å²) >= 11 is 0. The van der Waals surface area contributed by atoms with Gasteiger partial charge in [0.25, 0.3) is 0 Å². The molecule has 1 aromatic rings. The Labute approximate surface area is 151 Å². The lowest BCUT2D eigenvalue weighted by molar-refractivity contribution is -0.0215. The van der Waals surface area contributed by atoms with E-state index in [-0.39, 0.29) is 11.5 Å². The average molecular weight is 335 g/mol. The van der Waals surface area contributed by atoms with Crippen LogP contribution in [0, 0.1) is 11.3 Å². The number of hydrogen-bond acceptors (Lipinski definition) is 2. The molecule has 0 bridgehead atoms. The molecule has 0 aromatic heterocycles. The van der Waals surface area contributed by atoms with Crippen LogP contribution in [0.3, 0.4) is 0 Å². The van der Waals surface area contributed by atoms with Gasteiger partial charge >= 0.3 is 0 Å². The first-order valence-corrected chi connectivity index (χ1v) is 9.59. The van der Waals surface area contributed by atoms with Crippen molar-refractivity contribution in [3.05, 3.63) is 71.0 Å². The van der Waals surface area contributed by atoms with E-state index in [1.54, 1.807) is 0 Å². The molecule has 2 nitrogen and oxygen atoms in total. The largest absolute Gasteiger partial charge is 0.381 e. The molecule has 3 atom stereocenters. The number of benzene rings is 1. The molecule has 2 heterocycles. The number of fused-ring (bicyclic) bond motifs is 2. The summed E-state index contributed by atoms with van der Waals surface area (Å²) < 4.78 is 6.35. The maximum absolute atomic E-state index is 6.35. The minimum atomic E-state index is 0.152. The van der Waals surface area contributed by atoms with Crippen LogP contribution in [-0.2, 0) is 4.74 Å². The Balaban J connectivity index is 1.77. The van der Waals surface area contributed by atoms with Gasteiger partial charge < -0.3 is 10.1 Å². The highest BCUT2D eigenvalue weighted by atomic mass is 16.5. The van der Waals surface area contributed by atoms with Crippen LogP contribution in [0.1, 0.15) is 51.6 Å². The molecule has 3 aliphatic rings. The van der Waals surface area contributed by atoms with Crippen molar-refractivity contribution in [1.82, 2.24) is 5.32 Å². The molecule has 0 saturated carbocycles. The maximum Gasteiger partial charge on any atom is 0.0892 e. The van der Waals surface area contributed by atoms with E-state index in [0.717, 1.165) is 19.4 Å². The normalized spacial score (nSPS) is 29.2. The lowest BCUT2D eigenvalue weighted by Gasteiger charge is -2.44. The van der Waals surface area contributed by atoms with Gasteiger partial charge in [-0.3, -0.25) is 0 Å². The smallest absolute Gasteiger partial charge is 0.0892 e. The highest BCUT2D eigenvalue weighted by Crippen LogP contribution is 2.44. The molecule has 1 saturated heterocycles. The van der Waals surface area contributed by atoms with Crippen molar-refractivity contribution in [3.8, 4) is 0 Å². The van der Waals surface area contributed by atoms with Crippen LogP contribution in [0.4, 0.5) is 0 Å². The summed E-state index contributed by atoms with van der Waals surface area (Å²) in [6.45, 7) is 7.75. The van der Waals surface area contributed by atoms with E-state index >= 15 is 0 Å². The maximum atomic E-state index is 6.35. The van der Waals surface area contributed by atoms with E-state index in [9.17, 15) is 0 Å². The number of rotatable bonds is 1. The van der Waals surface area contributed by atoms with Crippen molar-refractivity contribution in [2.45, 2.75) is 52.2 Å². The Morgan fingerprint density at radius 1 is 1.12 bits per heavy atom. The molecule has 0 spiro atoms. The van der Waals surface area contributed by atoms with Crippen LogP contribution >= 0.6 is 0 Å². The first-order valence-electron chi connectivity index (χ1n) is 9.59.